The monoisotopic (exact) mass is 296 g/mol. The van der Waals surface area contributed by atoms with Gasteiger partial charge in [-0.25, -0.2) is 4.79 Å². The third-order valence-corrected chi connectivity index (χ3v) is 5.90. The van der Waals surface area contributed by atoms with E-state index in [1.54, 1.807) is 0 Å². The number of nitrogens with zero attached hydrogens (tertiary/aromatic N) is 1. The van der Waals surface area contributed by atoms with E-state index in [0.29, 0.717) is 18.0 Å². The van der Waals surface area contributed by atoms with Crippen LogP contribution in [-0.2, 0) is 0 Å². The van der Waals surface area contributed by atoms with Gasteiger partial charge in [0.25, 0.3) is 0 Å². The van der Waals surface area contributed by atoms with Gasteiger partial charge in [-0.1, -0.05) is 27.2 Å². The van der Waals surface area contributed by atoms with Crippen molar-refractivity contribution >= 4 is 6.03 Å². The number of hydrogen-bond donors (Lipinski definition) is 2. The Kier molecular flexibility index (Phi) is 5.53. The number of urea groups is 1. The van der Waals surface area contributed by atoms with Gasteiger partial charge < -0.3 is 15.3 Å². The van der Waals surface area contributed by atoms with E-state index in [1.165, 1.54) is 19.3 Å². The molecule has 122 valence electrons. The maximum atomic E-state index is 12.2. The molecule has 0 aromatic carbocycles. The molecule has 2 N–H and O–H groups in total. The molecular weight excluding hydrogens is 264 g/mol. The molecule has 2 rings (SSSR count). The standard InChI is InChI=1S/C17H32N2O2/c1-4-17(2,3)14-5-7-15(8-6-14)18-16(21)19-10-9-13(11-19)12-20/h13-15,20H,4-12H2,1-3H3,(H,18,21). The Morgan fingerprint density at radius 2 is 1.90 bits per heavy atom. The first-order chi connectivity index (χ1) is 9.96. The highest BCUT2D eigenvalue weighted by atomic mass is 16.3. The Morgan fingerprint density at radius 1 is 1.24 bits per heavy atom. The second-order valence-electron chi connectivity index (χ2n) is 7.62. The minimum atomic E-state index is 0.0733. The molecule has 0 radical (unpaired) electrons. The molecule has 0 aromatic rings. The first-order valence-electron chi connectivity index (χ1n) is 8.62. The first kappa shape index (κ1) is 16.6. The van der Waals surface area contributed by atoms with Crippen LogP contribution < -0.4 is 5.32 Å². The molecule has 1 saturated carbocycles. The summed E-state index contributed by atoms with van der Waals surface area (Å²) < 4.78 is 0. The average Bonchev–Trinajstić information content (AvgIpc) is 2.97. The lowest BCUT2D eigenvalue weighted by molar-refractivity contribution is 0.134. The molecule has 0 spiro atoms. The zero-order chi connectivity index (χ0) is 15.5. The quantitative estimate of drug-likeness (QED) is 0.838. The van der Waals surface area contributed by atoms with E-state index in [-0.39, 0.29) is 18.6 Å². The SMILES string of the molecule is CCC(C)(C)C1CCC(NC(=O)N2CCC(CO)C2)CC1. The molecule has 2 amide bonds. The van der Waals surface area contributed by atoms with E-state index >= 15 is 0 Å². The highest BCUT2D eigenvalue weighted by Gasteiger charge is 2.33. The largest absolute Gasteiger partial charge is 0.396 e. The van der Waals surface area contributed by atoms with E-state index < -0.39 is 0 Å². The van der Waals surface area contributed by atoms with Crippen molar-refractivity contribution in [1.82, 2.24) is 10.2 Å². The molecular formula is C17H32N2O2. The maximum Gasteiger partial charge on any atom is 0.317 e. The number of hydrogen-bond acceptors (Lipinski definition) is 2. The summed E-state index contributed by atoms with van der Waals surface area (Å²) in [5, 5.41) is 12.4. The van der Waals surface area contributed by atoms with Crippen LogP contribution in [0.3, 0.4) is 0 Å². The highest BCUT2D eigenvalue weighted by molar-refractivity contribution is 5.74. The van der Waals surface area contributed by atoms with Crippen LogP contribution in [0.25, 0.3) is 0 Å². The second kappa shape index (κ2) is 6.99. The van der Waals surface area contributed by atoms with Gasteiger partial charge in [0, 0.05) is 31.7 Å². The molecule has 2 aliphatic rings. The van der Waals surface area contributed by atoms with Gasteiger partial charge in [-0.2, -0.15) is 0 Å². The van der Waals surface area contributed by atoms with Crippen LogP contribution in [0, 0.1) is 17.3 Å². The topological polar surface area (TPSA) is 52.6 Å². The number of amides is 2. The molecule has 4 nitrogen and oxygen atoms in total. The Balaban J connectivity index is 1.75. The summed E-state index contributed by atoms with van der Waals surface area (Å²) in [6, 6.07) is 0.415. The van der Waals surface area contributed by atoms with Gasteiger partial charge in [0.05, 0.1) is 0 Å². The lowest BCUT2D eigenvalue weighted by atomic mass is 9.69. The van der Waals surface area contributed by atoms with Gasteiger partial charge in [0.2, 0.25) is 0 Å². The molecule has 21 heavy (non-hydrogen) atoms. The van der Waals surface area contributed by atoms with Gasteiger partial charge in [-0.15, -0.1) is 0 Å². The van der Waals surface area contributed by atoms with Crippen molar-refractivity contribution in [2.24, 2.45) is 17.3 Å². The third-order valence-electron chi connectivity index (χ3n) is 5.90. The molecule has 1 unspecified atom stereocenters. The van der Waals surface area contributed by atoms with Crippen molar-refractivity contribution in [3.05, 3.63) is 0 Å². The number of carbonyl (C=O) groups excluding carboxylic acids is 1. The van der Waals surface area contributed by atoms with Crippen molar-refractivity contribution < 1.29 is 9.90 Å². The number of aliphatic hydroxyl groups excluding tert-OH is 1. The Labute approximate surface area is 129 Å². The molecule has 2 fully saturated rings. The van der Waals surface area contributed by atoms with Gasteiger partial charge in [0.1, 0.15) is 0 Å². The average molecular weight is 296 g/mol. The molecule has 1 atom stereocenters. The summed E-state index contributed by atoms with van der Waals surface area (Å²) in [7, 11) is 0. The van der Waals surface area contributed by atoms with Crippen LogP contribution in [0.15, 0.2) is 0 Å². The van der Waals surface area contributed by atoms with Gasteiger partial charge in [0.15, 0.2) is 0 Å². The molecule has 4 heteroatoms. The van der Waals surface area contributed by atoms with Crippen LogP contribution in [0.2, 0.25) is 0 Å². The summed E-state index contributed by atoms with van der Waals surface area (Å²) in [6.07, 6.45) is 6.83. The van der Waals surface area contributed by atoms with E-state index in [0.717, 1.165) is 31.7 Å². The van der Waals surface area contributed by atoms with Crippen molar-refractivity contribution in [2.75, 3.05) is 19.7 Å². The zero-order valence-electron chi connectivity index (χ0n) is 13.9. The number of nitrogens with one attached hydrogen (secondary N) is 1. The zero-order valence-corrected chi connectivity index (χ0v) is 13.9. The van der Waals surface area contributed by atoms with Crippen LogP contribution in [0.1, 0.15) is 59.3 Å². The molecule has 1 heterocycles. The first-order valence-corrected chi connectivity index (χ1v) is 8.62. The van der Waals surface area contributed by atoms with Crippen LogP contribution in [-0.4, -0.2) is 41.8 Å². The van der Waals surface area contributed by atoms with Crippen LogP contribution in [0.4, 0.5) is 4.79 Å². The normalized spacial score (nSPS) is 30.5. The van der Waals surface area contributed by atoms with E-state index in [2.05, 4.69) is 26.1 Å². The Morgan fingerprint density at radius 3 is 2.43 bits per heavy atom. The Hall–Kier alpha value is -0.770. The smallest absolute Gasteiger partial charge is 0.317 e. The predicted octanol–water partition coefficient (Wildman–Crippen LogP) is 3.01. The number of likely N-dealkylation sites (tertiary alicyclic amines) is 1. The molecule has 0 aromatic heterocycles. The maximum absolute atomic E-state index is 12.2. The van der Waals surface area contributed by atoms with Crippen molar-refractivity contribution in [3.63, 3.8) is 0 Å². The van der Waals surface area contributed by atoms with Crippen molar-refractivity contribution in [1.29, 1.82) is 0 Å². The van der Waals surface area contributed by atoms with Crippen molar-refractivity contribution in [3.8, 4) is 0 Å². The summed E-state index contributed by atoms with van der Waals surface area (Å²) in [5.41, 5.74) is 0.429. The fourth-order valence-corrected chi connectivity index (χ4v) is 3.74. The van der Waals surface area contributed by atoms with E-state index in [9.17, 15) is 4.79 Å². The fraction of sp³-hybridized carbons (Fsp3) is 0.941. The highest BCUT2D eigenvalue weighted by Crippen LogP contribution is 2.40. The van der Waals surface area contributed by atoms with Crippen molar-refractivity contribution in [2.45, 2.75) is 65.3 Å². The second-order valence-corrected chi connectivity index (χ2v) is 7.62. The van der Waals surface area contributed by atoms with Gasteiger partial charge in [-0.05, 0) is 43.4 Å². The Bertz CT molecular complexity index is 349. The molecule has 1 aliphatic heterocycles. The molecule has 0 bridgehead atoms. The van der Waals surface area contributed by atoms with Crippen LogP contribution in [0.5, 0.6) is 0 Å². The fourth-order valence-electron chi connectivity index (χ4n) is 3.74. The summed E-state index contributed by atoms with van der Waals surface area (Å²) >= 11 is 0. The lowest BCUT2D eigenvalue weighted by Crippen LogP contribution is -2.46. The number of rotatable bonds is 4. The number of aliphatic hydroxyl groups is 1. The van der Waals surface area contributed by atoms with Gasteiger partial charge in [-0.3, -0.25) is 0 Å². The summed E-state index contributed by atoms with van der Waals surface area (Å²) in [4.78, 5) is 14.1. The van der Waals surface area contributed by atoms with Crippen LogP contribution >= 0.6 is 0 Å². The molecule has 1 aliphatic carbocycles. The minimum absolute atomic E-state index is 0.0733. The lowest BCUT2D eigenvalue weighted by Gasteiger charge is -2.39. The van der Waals surface area contributed by atoms with E-state index in [4.69, 9.17) is 5.11 Å². The summed E-state index contributed by atoms with van der Waals surface area (Å²) in [5.74, 6) is 1.07. The third kappa shape index (κ3) is 4.12. The molecule has 1 saturated heterocycles. The summed E-state index contributed by atoms with van der Waals surface area (Å²) in [6.45, 7) is 8.71. The van der Waals surface area contributed by atoms with E-state index in [1.807, 2.05) is 4.90 Å². The predicted molar refractivity (Wildman–Crippen MR) is 85.1 cm³/mol. The van der Waals surface area contributed by atoms with Gasteiger partial charge >= 0.3 is 6.03 Å². The number of carbonyl (C=O) groups is 1. The minimum Gasteiger partial charge on any atom is -0.396 e.